The lowest BCUT2D eigenvalue weighted by atomic mass is 10.3. The SMILES string of the molecule is CCc1ccc(C(=O)N(CCO)CCO)o1. The number of carbonyl (C=O) groups is 1. The summed E-state index contributed by atoms with van der Waals surface area (Å²) in [6, 6.07) is 3.37. The zero-order chi connectivity index (χ0) is 12.0. The van der Waals surface area contributed by atoms with E-state index in [2.05, 4.69) is 0 Å². The third-order valence-electron chi connectivity index (χ3n) is 2.25. The molecule has 5 heteroatoms. The molecule has 90 valence electrons. The van der Waals surface area contributed by atoms with Gasteiger partial charge in [-0.3, -0.25) is 4.79 Å². The van der Waals surface area contributed by atoms with Gasteiger partial charge in [0.25, 0.3) is 5.91 Å². The summed E-state index contributed by atoms with van der Waals surface area (Å²) in [5, 5.41) is 17.6. The molecule has 0 unspecified atom stereocenters. The van der Waals surface area contributed by atoms with E-state index in [1.165, 1.54) is 4.90 Å². The van der Waals surface area contributed by atoms with Crippen LogP contribution in [0.15, 0.2) is 16.5 Å². The highest BCUT2D eigenvalue weighted by Crippen LogP contribution is 2.11. The van der Waals surface area contributed by atoms with Gasteiger partial charge in [-0.25, -0.2) is 0 Å². The summed E-state index contributed by atoms with van der Waals surface area (Å²) >= 11 is 0. The summed E-state index contributed by atoms with van der Waals surface area (Å²) in [5.41, 5.74) is 0. The Hall–Kier alpha value is -1.33. The lowest BCUT2D eigenvalue weighted by Gasteiger charge is -2.18. The van der Waals surface area contributed by atoms with Gasteiger partial charge in [0.2, 0.25) is 0 Å². The van der Waals surface area contributed by atoms with Gasteiger partial charge in [0, 0.05) is 19.5 Å². The maximum atomic E-state index is 11.9. The maximum absolute atomic E-state index is 11.9. The molecule has 0 aromatic carbocycles. The molecule has 1 aromatic heterocycles. The van der Waals surface area contributed by atoms with Crippen molar-refractivity contribution in [1.29, 1.82) is 0 Å². The normalized spacial score (nSPS) is 10.4. The van der Waals surface area contributed by atoms with Gasteiger partial charge in [-0.1, -0.05) is 6.92 Å². The van der Waals surface area contributed by atoms with Crippen LogP contribution in [-0.2, 0) is 6.42 Å². The monoisotopic (exact) mass is 227 g/mol. The number of furan rings is 1. The van der Waals surface area contributed by atoms with Gasteiger partial charge in [-0.15, -0.1) is 0 Å². The first-order valence-corrected chi connectivity index (χ1v) is 5.32. The molecule has 1 aromatic rings. The van der Waals surface area contributed by atoms with E-state index in [4.69, 9.17) is 14.6 Å². The van der Waals surface area contributed by atoms with Crippen LogP contribution in [0.1, 0.15) is 23.2 Å². The van der Waals surface area contributed by atoms with Crippen molar-refractivity contribution >= 4 is 5.91 Å². The van der Waals surface area contributed by atoms with E-state index in [0.717, 1.165) is 12.2 Å². The van der Waals surface area contributed by atoms with Crippen molar-refractivity contribution in [2.24, 2.45) is 0 Å². The molecule has 0 aliphatic carbocycles. The van der Waals surface area contributed by atoms with Gasteiger partial charge in [-0.05, 0) is 12.1 Å². The molecular formula is C11H17NO4. The first-order chi connectivity index (χ1) is 7.72. The fraction of sp³-hybridized carbons (Fsp3) is 0.545. The van der Waals surface area contributed by atoms with E-state index in [9.17, 15) is 4.79 Å². The smallest absolute Gasteiger partial charge is 0.289 e. The summed E-state index contributed by atoms with van der Waals surface area (Å²) in [5.74, 6) is 0.692. The van der Waals surface area contributed by atoms with Gasteiger partial charge in [0.15, 0.2) is 5.76 Å². The molecule has 1 rings (SSSR count). The molecular weight excluding hydrogens is 210 g/mol. The fourth-order valence-corrected chi connectivity index (χ4v) is 1.40. The lowest BCUT2D eigenvalue weighted by molar-refractivity contribution is 0.0652. The molecule has 2 N–H and O–H groups in total. The van der Waals surface area contributed by atoms with E-state index in [1.807, 2.05) is 6.92 Å². The van der Waals surface area contributed by atoms with E-state index in [0.29, 0.717) is 0 Å². The van der Waals surface area contributed by atoms with Gasteiger partial charge < -0.3 is 19.5 Å². The third-order valence-corrected chi connectivity index (χ3v) is 2.25. The average molecular weight is 227 g/mol. The number of hydrogen-bond acceptors (Lipinski definition) is 4. The van der Waals surface area contributed by atoms with Crippen LogP contribution >= 0.6 is 0 Å². The maximum Gasteiger partial charge on any atom is 0.289 e. The molecule has 0 saturated carbocycles. The van der Waals surface area contributed by atoms with Crippen molar-refractivity contribution in [3.05, 3.63) is 23.7 Å². The summed E-state index contributed by atoms with van der Waals surface area (Å²) in [7, 11) is 0. The van der Waals surface area contributed by atoms with Crippen LogP contribution < -0.4 is 0 Å². The molecule has 0 bridgehead atoms. The number of carbonyl (C=O) groups excluding carboxylic acids is 1. The summed E-state index contributed by atoms with van der Waals surface area (Å²) in [4.78, 5) is 13.2. The van der Waals surface area contributed by atoms with Crippen molar-refractivity contribution in [2.75, 3.05) is 26.3 Å². The van der Waals surface area contributed by atoms with E-state index in [-0.39, 0.29) is 38.0 Å². The molecule has 0 atom stereocenters. The number of rotatable bonds is 6. The van der Waals surface area contributed by atoms with Crippen molar-refractivity contribution < 1.29 is 19.4 Å². The molecule has 0 saturated heterocycles. The van der Waals surface area contributed by atoms with Crippen molar-refractivity contribution in [2.45, 2.75) is 13.3 Å². The largest absolute Gasteiger partial charge is 0.456 e. The lowest BCUT2D eigenvalue weighted by Crippen LogP contribution is -2.35. The molecule has 0 radical (unpaired) electrons. The van der Waals surface area contributed by atoms with E-state index in [1.54, 1.807) is 12.1 Å². The highest BCUT2D eigenvalue weighted by Gasteiger charge is 2.18. The standard InChI is InChI=1S/C11H17NO4/c1-2-9-3-4-10(16-9)11(15)12(5-7-13)6-8-14/h3-4,13-14H,2,5-8H2,1H3. The number of aryl methyl sites for hydroxylation is 1. The zero-order valence-corrected chi connectivity index (χ0v) is 9.35. The van der Waals surface area contributed by atoms with Gasteiger partial charge in [0.1, 0.15) is 5.76 Å². The minimum Gasteiger partial charge on any atom is -0.456 e. The number of aliphatic hydroxyl groups is 2. The molecule has 0 fully saturated rings. The summed E-state index contributed by atoms with van der Waals surface area (Å²) in [6.07, 6.45) is 0.729. The highest BCUT2D eigenvalue weighted by molar-refractivity contribution is 5.91. The Morgan fingerprint density at radius 3 is 2.38 bits per heavy atom. The number of aliphatic hydroxyl groups excluding tert-OH is 2. The van der Waals surface area contributed by atoms with Crippen LogP contribution in [0.5, 0.6) is 0 Å². The molecule has 5 nitrogen and oxygen atoms in total. The Morgan fingerprint density at radius 1 is 1.31 bits per heavy atom. The van der Waals surface area contributed by atoms with Crippen LogP contribution in [-0.4, -0.2) is 47.3 Å². The molecule has 0 aliphatic rings. The van der Waals surface area contributed by atoms with Crippen LogP contribution in [0.4, 0.5) is 0 Å². The molecule has 0 aliphatic heterocycles. The van der Waals surface area contributed by atoms with Gasteiger partial charge >= 0.3 is 0 Å². The van der Waals surface area contributed by atoms with Crippen molar-refractivity contribution in [3.63, 3.8) is 0 Å². The van der Waals surface area contributed by atoms with Crippen LogP contribution in [0.25, 0.3) is 0 Å². The third kappa shape index (κ3) is 3.08. The highest BCUT2D eigenvalue weighted by atomic mass is 16.4. The average Bonchev–Trinajstić information content (AvgIpc) is 2.76. The van der Waals surface area contributed by atoms with Crippen molar-refractivity contribution in [3.8, 4) is 0 Å². The van der Waals surface area contributed by atoms with Gasteiger partial charge in [0.05, 0.1) is 13.2 Å². The molecule has 16 heavy (non-hydrogen) atoms. The Balaban J connectivity index is 2.72. The topological polar surface area (TPSA) is 73.9 Å². The first-order valence-electron chi connectivity index (χ1n) is 5.32. The predicted molar refractivity (Wildman–Crippen MR) is 58.2 cm³/mol. The van der Waals surface area contributed by atoms with E-state index < -0.39 is 0 Å². The van der Waals surface area contributed by atoms with Gasteiger partial charge in [-0.2, -0.15) is 0 Å². The molecule has 1 heterocycles. The minimum atomic E-state index is -0.303. The fourth-order valence-electron chi connectivity index (χ4n) is 1.40. The second-order valence-electron chi connectivity index (χ2n) is 3.36. The Labute approximate surface area is 94.3 Å². The van der Waals surface area contributed by atoms with Crippen LogP contribution in [0.3, 0.4) is 0 Å². The molecule has 0 spiro atoms. The van der Waals surface area contributed by atoms with Crippen molar-refractivity contribution in [1.82, 2.24) is 4.90 Å². The minimum absolute atomic E-state index is 0.132. The Morgan fingerprint density at radius 2 is 1.94 bits per heavy atom. The predicted octanol–water partition coefficient (Wildman–Crippen LogP) is 0.269. The second kappa shape index (κ2) is 6.30. The Kier molecular flexibility index (Phi) is 5.01. The summed E-state index contributed by atoms with van der Waals surface area (Å²) < 4.78 is 5.31. The molecule has 1 amide bonds. The number of nitrogens with zero attached hydrogens (tertiary/aromatic N) is 1. The quantitative estimate of drug-likeness (QED) is 0.731. The second-order valence-corrected chi connectivity index (χ2v) is 3.36. The zero-order valence-electron chi connectivity index (χ0n) is 9.35. The number of hydrogen-bond donors (Lipinski definition) is 2. The van der Waals surface area contributed by atoms with Crippen LogP contribution in [0.2, 0.25) is 0 Å². The first kappa shape index (κ1) is 12.7. The van der Waals surface area contributed by atoms with Crippen LogP contribution in [0, 0.1) is 0 Å². The number of amides is 1. The summed E-state index contributed by atoms with van der Waals surface area (Å²) in [6.45, 7) is 2.07. The Bertz CT molecular complexity index is 328. The van der Waals surface area contributed by atoms with E-state index >= 15 is 0 Å².